The molecule has 2 heterocycles. The second kappa shape index (κ2) is 8.18. The molecule has 30 heavy (non-hydrogen) atoms. The van der Waals surface area contributed by atoms with Gasteiger partial charge in [0.2, 0.25) is 11.8 Å². The molecule has 0 unspecified atom stereocenters. The molecule has 2 aromatic rings. The fourth-order valence-corrected chi connectivity index (χ4v) is 3.89. The van der Waals surface area contributed by atoms with Crippen LogP contribution in [0.2, 0.25) is 0 Å². The van der Waals surface area contributed by atoms with Gasteiger partial charge in [-0.1, -0.05) is 32.0 Å². The van der Waals surface area contributed by atoms with Crippen molar-refractivity contribution in [3.05, 3.63) is 48.0 Å². The van der Waals surface area contributed by atoms with Crippen molar-refractivity contribution in [2.75, 3.05) is 28.7 Å². The van der Waals surface area contributed by atoms with Crippen LogP contribution in [0.5, 0.6) is 5.75 Å². The highest BCUT2D eigenvalue weighted by atomic mass is 16.5. The third-order valence-electron chi connectivity index (χ3n) is 5.75. The number of para-hydroxylation sites is 1. The lowest BCUT2D eigenvalue weighted by Crippen LogP contribution is -2.29. The molecular weight excluding hydrogens is 382 g/mol. The Kier molecular flexibility index (Phi) is 5.44. The molecule has 1 fully saturated rings. The van der Waals surface area contributed by atoms with Gasteiger partial charge in [-0.15, -0.1) is 0 Å². The predicted molar refractivity (Wildman–Crippen MR) is 115 cm³/mol. The molecule has 2 aliphatic rings. The van der Waals surface area contributed by atoms with Crippen LogP contribution in [-0.4, -0.2) is 30.9 Å². The van der Waals surface area contributed by atoms with Crippen LogP contribution in [0.15, 0.2) is 42.5 Å². The zero-order valence-electron chi connectivity index (χ0n) is 17.1. The molecule has 2 aromatic carbocycles. The van der Waals surface area contributed by atoms with E-state index in [0.717, 1.165) is 17.7 Å². The van der Waals surface area contributed by atoms with Crippen molar-refractivity contribution in [1.82, 2.24) is 0 Å². The minimum atomic E-state index is -0.440. The Morgan fingerprint density at radius 1 is 1.27 bits per heavy atom. The monoisotopic (exact) mass is 407 g/mol. The molecule has 156 valence electrons. The second-order valence-electron chi connectivity index (χ2n) is 7.81. The lowest BCUT2D eigenvalue weighted by atomic mass is 9.96. The van der Waals surface area contributed by atoms with Gasteiger partial charge in [-0.3, -0.25) is 14.4 Å². The summed E-state index contributed by atoms with van der Waals surface area (Å²) in [6.07, 6.45) is 1.15. The molecule has 0 aromatic heterocycles. The Morgan fingerprint density at radius 3 is 2.87 bits per heavy atom. The molecule has 4 rings (SSSR count). The Bertz CT molecular complexity index is 1000. The average Bonchev–Trinajstić information content (AvgIpc) is 3.14. The van der Waals surface area contributed by atoms with Gasteiger partial charge in [-0.25, -0.2) is 0 Å². The van der Waals surface area contributed by atoms with Gasteiger partial charge < -0.3 is 20.3 Å². The maximum atomic E-state index is 12.8. The van der Waals surface area contributed by atoms with Crippen molar-refractivity contribution in [3.8, 4) is 5.75 Å². The highest BCUT2D eigenvalue weighted by molar-refractivity contribution is 6.04. The number of nitrogens with one attached hydrogen (secondary N) is 2. The van der Waals surface area contributed by atoms with Crippen LogP contribution in [0.3, 0.4) is 0 Å². The molecule has 0 aliphatic carbocycles. The Labute approximate surface area is 175 Å². The summed E-state index contributed by atoms with van der Waals surface area (Å²) in [5.41, 5.74) is 3.09. The highest BCUT2D eigenvalue weighted by Gasteiger charge is 2.36. The molecule has 2 atom stereocenters. The minimum Gasteiger partial charge on any atom is -0.482 e. The average molecular weight is 407 g/mol. The third kappa shape index (κ3) is 3.87. The molecular formula is C23H25N3O4. The quantitative estimate of drug-likeness (QED) is 0.794. The van der Waals surface area contributed by atoms with E-state index >= 15 is 0 Å². The summed E-state index contributed by atoms with van der Waals surface area (Å²) in [5.74, 6) is -0.0366. The number of anilines is 3. The van der Waals surface area contributed by atoms with Crippen LogP contribution in [0.1, 0.15) is 38.2 Å². The van der Waals surface area contributed by atoms with Gasteiger partial charge in [0.15, 0.2) is 6.61 Å². The van der Waals surface area contributed by atoms with Crippen LogP contribution in [0, 0.1) is 5.92 Å². The molecule has 2 N–H and O–H groups in total. The summed E-state index contributed by atoms with van der Waals surface area (Å²) in [6, 6.07) is 13.0. The highest BCUT2D eigenvalue weighted by Crippen LogP contribution is 2.34. The molecule has 0 spiro atoms. The summed E-state index contributed by atoms with van der Waals surface area (Å²) in [7, 11) is 0. The molecule has 3 amide bonds. The number of benzene rings is 2. The fraction of sp³-hybridized carbons (Fsp3) is 0.348. The van der Waals surface area contributed by atoms with Crippen molar-refractivity contribution < 1.29 is 19.1 Å². The minimum absolute atomic E-state index is 0.0170. The lowest BCUT2D eigenvalue weighted by molar-refractivity contribution is -0.122. The zero-order chi connectivity index (χ0) is 21.3. The van der Waals surface area contributed by atoms with Crippen molar-refractivity contribution in [1.29, 1.82) is 0 Å². The van der Waals surface area contributed by atoms with Gasteiger partial charge in [0.25, 0.3) is 5.91 Å². The fourth-order valence-electron chi connectivity index (χ4n) is 3.89. The molecule has 7 nitrogen and oxygen atoms in total. The first kappa shape index (κ1) is 19.9. The van der Waals surface area contributed by atoms with Crippen molar-refractivity contribution >= 4 is 34.8 Å². The van der Waals surface area contributed by atoms with Gasteiger partial charge >= 0.3 is 0 Å². The summed E-state index contributed by atoms with van der Waals surface area (Å²) >= 11 is 0. The van der Waals surface area contributed by atoms with Gasteiger partial charge in [-0.05, 0) is 42.2 Å². The number of fused-ring (bicyclic) bond motifs is 1. The zero-order valence-corrected chi connectivity index (χ0v) is 17.1. The number of carbonyl (C=O) groups excluding carboxylic acids is 3. The van der Waals surface area contributed by atoms with Crippen LogP contribution in [0.25, 0.3) is 0 Å². The maximum absolute atomic E-state index is 12.8. The van der Waals surface area contributed by atoms with Gasteiger partial charge in [-0.2, -0.15) is 0 Å². The van der Waals surface area contributed by atoms with Crippen molar-refractivity contribution in [2.24, 2.45) is 5.92 Å². The number of carbonyl (C=O) groups is 3. The first-order chi connectivity index (χ1) is 14.5. The number of rotatable bonds is 5. The molecule has 0 radical (unpaired) electrons. The smallest absolute Gasteiger partial charge is 0.262 e. The first-order valence-electron chi connectivity index (χ1n) is 10.2. The SMILES string of the molecule is CC[C@@H](C)c1ccccc1N1C[C@H](C(=O)Nc2ccc3c(c2)NC(=O)CO3)CC1=O. The summed E-state index contributed by atoms with van der Waals surface area (Å²) in [5, 5.41) is 5.59. The first-order valence-corrected chi connectivity index (χ1v) is 10.2. The van der Waals surface area contributed by atoms with Crippen LogP contribution in [-0.2, 0) is 14.4 Å². The lowest BCUT2D eigenvalue weighted by Gasteiger charge is -2.23. The van der Waals surface area contributed by atoms with E-state index < -0.39 is 5.92 Å². The standard InChI is InChI=1S/C23H25N3O4/c1-3-14(2)17-6-4-5-7-19(17)26-12-15(10-22(26)28)23(29)24-16-8-9-20-18(11-16)25-21(27)13-30-20/h4-9,11,14-15H,3,10,12-13H2,1-2H3,(H,24,29)(H,25,27)/t14-,15-/m1/s1. The number of hydrogen-bond acceptors (Lipinski definition) is 4. The van der Waals surface area contributed by atoms with Gasteiger partial charge in [0, 0.05) is 24.3 Å². The molecule has 7 heteroatoms. The van der Waals surface area contributed by atoms with E-state index in [1.807, 2.05) is 24.3 Å². The number of hydrogen-bond donors (Lipinski definition) is 2. The Morgan fingerprint density at radius 2 is 2.07 bits per heavy atom. The number of nitrogens with zero attached hydrogens (tertiary/aromatic N) is 1. The Balaban J connectivity index is 1.48. The van der Waals surface area contributed by atoms with Crippen molar-refractivity contribution in [3.63, 3.8) is 0 Å². The van der Waals surface area contributed by atoms with E-state index in [9.17, 15) is 14.4 Å². The number of ether oxygens (including phenoxy) is 1. The largest absolute Gasteiger partial charge is 0.482 e. The topological polar surface area (TPSA) is 87.7 Å². The third-order valence-corrected chi connectivity index (χ3v) is 5.75. The van der Waals surface area contributed by atoms with Gasteiger partial charge in [0.05, 0.1) is 11.6 Å². The summed E-state index contributed by atoms with van der Waals surface area (Å²) in [6.45, 7) is 4.59. The van der Waals surface area contributed by atoms with Crippen LogP contribution < -0.4 is 20.3 Å². The summed E-state index contributed by atoms with van der Waals surface area (Å²) in [4.78, 5) is 38.8. The van der Waals surface area contributed by atoms with E-state index in [1.54, 1.807) is 23.1 Å². The van der Waals surface area contributed by atoms with Crippen LogP contribution >= 0.6 is 0 Å². The normalized spacial score (nSPS) is 19.0. The van der Waals surface area contributed by atoms with E-state index in [2.05, 4.69) is 24.5 Å². The van der Waals surface area contributed by atoms with Crippen molar-refractivity contribution in [2.45, 2.75) is 32.6 Å². The molecule has 0 bridgehead atoms. The van der Waals surface area contributed by atoms with Crippen LogP contribution in [0.4, 0.5) is 17.1 Å². The molecule has 0 saturated carbocycles. The molecule has 1 saturated heterocycles. The van der Waals surface area contributed by atoms with E-state index in [4.69, 9.17) is 4.74 Å². The number of amides is 3. The summed E-state index contributed by atoms with van der Waals surface area (Å²) < 4.78 is 5.34. The predicted octanol–water partition coefficient (Wildman–Crippen LogP) is 3.52. The molecule has 2 aliphatic heterocycles. The van der Waals surface area contributed by atoms with Gasteiger partial charge in [0.1, 0.15) is 5.75 Å². The second-order valence-corrected chi connectivity index (χ2v) is 7.81. The Hall–Kier alpha value is -3.35. The van der Waals surface area contributed by atoms with E-state index in [-0.39, 0.29) is 30.7 Å². The van der Waals surface area contributed by atoms with E-state index in [1.165, 1.54) is 0 Å². The maximum Gasteiger partial charge on any atom is 0.262 e. The van der Waals surface area contributed by atoms with E-state index in [0.29, 0.717) is 29.6 Å².